The highest BCUT2D eigenvalue weighted by Crippen LogP contribution is 2.21. The summed E-state index contributed by atoms with van der Waals surface area (Å²) in [7, 11) is 0. The molecule has 0 amide bonds. The van der Waals surface area contributed by atoms with Crippen molar-refractivity contribution in [3.8, 4) is 5.75 Å². The summed E-state index contributed by atoms with van der Waals surface area (Å²) in [5, 5.41) is 9.43. The first-order valence-corrected chi connectivity index (χ1v) is 6.68. The van der Waals surface area contributed by atoms with Crippen LogP contribution in [0.1, 0.15) is 33.3 Å². The standard InChI is InChI=1S/C15H26N2O/c1-11(2)8-17(9-12(3)4)10-13-5-6-15(18)14(16)7-13/h5-7,11-12,18H,8-10,16H2,1-4H3. The van der Waals surface area contributed by atoms with E-state index in [4.69, 9.17) is 5.73 Å². The zero-order valence-corrected chi connectivity index (χ0v) is 12.0. The number of phenols is 1. The molecule has 0 saturated carbocycles. The Balaban J connectivity index is 2.71. The van der Waals surface area contributed by atoms with Gasteiger partial charge in [0.2, 0.25) is 0 Å². The molecule has 18 heavy (non-hydrogen) atoms. The van der Waals surface area contributed by atoms with Crippen molar-refractivity contribution in [2.24, 2.45) is 11.8 Å². The van der Waals surface area contributed by atoms with E-state index in [2.05, 4.69) is 32.6 Å². The first kappa shape index (κ1) is 14.8. The van der Waals surface area contributed by atoms with Gasteiger partial charge in [-0.3, -0.25) is 4.90 Å². The number of nitrogens with two attached hydrogens (primary N) is 1. The number of nitrogen functional groups attached to an aromatic ring is 1. The molecule has 0 aromatic heterocycles. The molecule has 0 aliphatic heterocycles. The van der Waals surface area contributed by atoms with Crippen molar-refractivity contribution in [1.82, 2.24) is 4.90 Å². The highest BCUT2D eigenvalue weighted by Gasteiger charge is 2.10. The zero-order valence-electron chi connectivity index (χ0n) is 12.0. The van der Waals surface area contributed by atoms with Crippen molar-refractivity contribution in [3.63, 3.8) is 0 Å². The highest BCUT2D eigenvalue weighted by atomic mass is 16.3. The molecule has 0 atom stereocenters. The normalized spacial score (nSPS) is 11.7. The first-order valence-electron chi connectivity index (χ1n) is 6.68. The Morgan fingerprint density at radius 1 is 1.11 bits per heavy atom. The molecule has 102 valence electrons. The second-order valence-corrected chi connectivity index (χ2v) is 5.87. The van der Waals surface area contributed by atoms with Gasteiger partial charge in [0.05, 0.1) is 5.69 Å². The molecule has 0 unspecified atom stereocenters. The third-order valence-electron chi connectivity index (χ3n) is 2.74. The summed E-state index contributed by atoms with van der Waals surface area (Å²) in [4.78, 5) is 2.45. The molecular weight excluding hydrogens is 224 g/mol. The van der Waals surface area contributed by atoms with Crippen LogP contribution in [0.5, 0.6) is 5.75 Å². The fraction of sp³-hybridized carbons (Fsp3) is 0.600. The largest absolute Gasteiger partial charge is 0.506 e. The summed E-state index contributed by atoms with van der Waals surface area (Å²) in [6.07, 6.45) is 0. The predicted molar refractivity (Wildman–Crippen MR) is 77.5 cm³/mol. The molecule has 3 heteroatoms. The smallest absolute Gasteiger partial charge is 0.138 e. The van der Waals surface area contributed by atoms with Gasteiger partial charge in [-0.1, -0.05) is 33.8 Å². The van der Waals surface area contributed by atoms with E-state index in [0.717, 1.165) is 25.2 Å². The van der Waals surface area contributed by atoms with Crippen molar-refractivity contribution in [3.05, 3.63) is 23.8 Å². The fourth-order valence-electron chi connectivity index (χ4n) is 2.20. The van der Waals surface area contributed by atoms with Crippen LogP contribution in [0.2, 0.25) is 0 Å². The van der Waals surface area contributed by atoms with Crippen molar-refractivity contribution < 1.29 is 5.11 Å². The van der Waals surface area contributed by atoms with E-state index >= 15 is 0 Å². The molecule has 0 saturated heterocycles. The number of aromatic hydroxyl groups is 1. The number of hydrogen-bond donors (Lipinski definition) is 2. The van der Waals surface area contributed by atoms with Gasteiger partial charge in [-0.2, -0.15) is 0 Å². The molecule has 3 nitrogen and oxygen atoms in total. The second-order valence-electron chi connectivity index (χ2n) is 5.87. The summed E-state index contributed by atoms with van der Waals surface area (Å²) in [6.45, 7) is 12.0. The van der Waals surface area contributed by atoms with Gasteiger partial charge in [0.15, 0.2) is 0 Å². The van der Waals surface area contributed by atoms with E-state index in [1.807, 2.05) is 12.1 Å². The topological polar surface area (TPSA) is 49.5 Å². The van der Waals surface area contributed by atoms with E-state index in [1.54, 1.807) is 6.07 Å². The number of anilines is 1. The Kier molecular flexibility index (Phi) is 5.48. The van der Waals surface area contributed by atoms with Gasteiger partial charge >= 0.3 is 0 Å². The predicted octanol–water partition coefficient (Wildman–Crippen LogP) is 3.09. The minimum absolute atomic E-state index is 0.165. The van der Waals surface area contributed by atoms with E-state index in [9.17, 15) is 5.11 Å². The van der Waals surface area contributed by atoms with Crippen LogP contribution in [-0.4, -0.2) is 23.1 Å². The maximum Gasteiger partial charge on any atom is 0.138 e. The van der Waals surface area contributed by atoms with Crippen molar-refractivity contribution in [2.45, 2.75) is 34.2 Å². The van der Waals surface area contributed by atoms with E-state index in [-0.39, 0.29) is 5.75 Å². The van der Waals surface area contributed by atoms with E-state index < -0.39 is 0 Å². The maximum absolute atomic E-state index is 9.43. The molecule has 1 aromatic rings. The van der Waals surface area contributed by atoms with Crippen LogP contribution < -0.4 is 5.73 Å². The third kappa shape index (κ3) is 4.96. The number of nitrogens with zero attached hydrogens (tertiary/aromatic N) is 1. The van der Waals surface area contributed by atoms with Gasteiger partial charge in [0.25, 0.3) is 0 Å². The molecule has 0 fully saturated rings. The summed E-state index contributed by atoms with van der Waals surface area (Å²) >= 11 is 0. The van der Waals surface area contributed by atoms with Crippen LogP contribution in [0.4, 0.5) is 5.69 Å². The SMILES string of the molecule is CC(C)CN(Cc1ccc(O)c(N)c1)CC(C)C. The lowest BCUT2D eigenvalue weighted by atomic mass is 10.1. The van der Waals surface area contributed by atoms with Gasteiger partial charge in [-0.25, -0.2) is 0 Å². The second kappa shape index (κ2) is 6.64. The van der Waals surface area contributed by atoms with Crippen LogP contribution in [0, 0.1) is 11.8 Å². The van der Waals surface area contributed by atoms with Gasteiger partial charge in [0, 0.05) is 19.6 Å². The van der Waals surface area contributed by atoms with Crippen LogP contribution in [-0.2, 0) is 6.54 Å². The maximum atomic E-state index is 9.43. The third-order valence-corrected chi connectivity index (χ3v) is 2.74. The molecule has 0 bridgehead atoms. The minimum atomic E-state index is 0.165. The molecule has 3 N–H and O–H groups in total. The molecule has 0 aliphatic carbocycles. The Hall–Kier alpha value is -1.22. The lowest BCUT2D eigenvalue weighted by molar-refractivity contribution is 0.211. The molecule has 0 radical (unpaired) electrons. The zero-order chi connectivity index (χ0) is 13.7. The van der Waals surface area contributed by atoms with Crippen LogP contribution in [0.25, 0.3) is 0 Å². The first-order chi connectivity index (χ1) is 8.38. The lowest BCUT2D eigenvalue weighted by Gasteiger charge is -2.26. The monoisotopic (exact) mass is 250 g/mol. The molecule has 1 aromatic carbocycles. The van der Waals surface area contributed by atoms with Crippen LogP contribution >= 0.6 is 0 Å². The Morgan fingerprint density at radius 3 is 2.11 bits per heavy atom. The average Bonchev–Trinajstić information content (AvgIpc) is 2.21. The van der Waals surface area contributed by atoms with E-state index in [0.29, 0.717) is 17.5 Å². The van der Waals surface area contributed by atoms with Crippen LogP contribution in [0.15, 0.2) is 18.2 Å². The van der Waals surface area contributed by atoms with Crippen molar-refractivity contribution >= 4 is 5.69 Å². The van der Waals surface area contributed by atoms with Gasteiger partial charge in [0.1, 0.15) is 5.75 Å². The summed E-state index contributed by atoms with van der Waals surface area (Å²) in [5.74, 6) is 1.47. The molecular formula is C15H26N2O. The molecule has 0 heterocycles. The van der Waals surface area contributed by atoms with E-state index in [1.165, 1.54) is 0 Å². The average molecular weight is 250 g/mol. The Bertz CT molecular complexity index is 365. The van der Waals surface area contributed by atoms with Gasteiger partial charge in [-0.15, -0.1) is 0 Å². The quantitative estimate of drug-likeness (QED) is 0.602. The molecule has 0 spiro atoms. The summed E-state index contributed by atoms with van der Waals surface area (Å²) in [6, 6.07) is 5.48. The number of rotatable bonds is 6. The Labute approximate surface area is 111 Å². The van der Waals surface area contributed by atoms with Crippen LogP contribution in [0.3, 0.4) is 0 Å². The fourth-order valence-corrected chi connectivity index (χ4v) is 2.20. The summed E-state index contributed by atoms with van der Waals surface area (Å²) < 4.78 is 0. The molecule has 0 aliphatic rings. The number of benzene rings is 1. The van der Waals surface area contributed by atoms with Crippen molar-refractivity contribution in [1.29, 1.82) is 0 Å². The molecule has 1 rings (SSSR count). The summed E-state index contributed by atoms with van der Waals surface area (Å²) in [5.41, 5.74) is 7.35. The number of phenolic OH excluding ortho intramolecular Hbond substituents is 1. The van der Waals surface area contributed by atoms with Crippen molar-refractivity contribution in [2.75, 3.05) is 18.8 Å². The van der Waals surface area contributed by atoms with Gasteiger partial charge in [-0.05, 0) is 29.5 Å². The number of hydrogen-bond acceptors (Lipinski definition) is 3. The highest BCUT2D eigenvalue weighted by molar-refractivity contribution is 5.53. The minimum Gasteiger partial charge on any atom is -0.506 e. The lowest BCUT2D eigenvalue weighted by Crippen LogP contribution is -2.30. The Morgan fingerprint density at radius 2 is 1.67 bits per heavy atom. The van der Waals surface area contributed by atoms with Gasteiger partial charge < -0.3 is 10.8 Å².